The van der Waals surface area contributed by atoms with E-state index in [9.17, 15) is 19.3 Å². The Morgan fingerprint density at radius 1 is 0.917 bits per heavy atom. The molecule has 0 bridgehead atoms. The summed E-state index contributed by atoms with van der Waals surface area (Å²) >= 11 is 4.01. The number of thiol groups is 1. The molecule has 2 aromatic rings. The minimum Gasteiger partial charge on any atom is -0.383 e. The van der Waals surface area contributed by atoms with E-state index < -0.39 is 25.2 Å². The molecule has 0 aliphatic heterocycles. The van der Waals surface area contributed by atoms with Crippen LogP contribution in [0.1, 0.15) is 31.4 Å². The maximum atomic E-state index is 13.4. The highest BCUT2D eigenvalue weighted by Crippen LogP contribution is 2.52. The summed E-state index contributed by atoms with van der Waals surface area (Å²) in [5.74, 6) is -0.386. The Kier molecular flexibility index (Phi) is 12.6. The van der Waals surface area contributed by atoms with Crippen LogP contribution in [0.3, 0.4) is 0 Å². The molecular weight excluding hydrogens is 503 g/mol. The van der Waals surface area contributed by atoms with Crippen LogP contribution < -0.4 is 10.6 Å². The molecule has 2 amide bonds. The number of rotatable bonds is 16. The third kappa shape index (κ3) is 10.8. The second-order valence-electron chi connectivity index (χ2n) is 8.74. The van der Waals surface area contributed by atoms with Gasteiger partial charge in [0.1, 0.15) is 6.10 Å². The van der Waals surface area contributed by atoms with Crippen LogP contribution in [0, 0.1) is 5.41 Å². The molecule has 0 aliphatic carbocycles. The van der Waals surface area contributed by atoms with E-state index in [2.05, 4.69) is 23.3 Å². The molecule has 1 atom stereocenters. The lowest BCUT2D eigenvalue weighted by atomic mass is 9.87. The van der Waals surface area contributed by atoms with Crippen molar-refractivity contribution in [2.24, 2.45) is 5.41 Å². The number of aliphatic hydroxyl groups is 1. The molecule has 0 unspecified atom stereocenters. The topological polar surface area (TPSA) is 123 Å². The van der Waals surface area contributed by atoms with Gasteiger partial charge in [0.05, 0.1) is 19.8 Å². The molecule has 0 heterocycles. The average molecular weight is 539 g/mol. The van der Waals surface area contributed by atoms with Gasteiger partial charge in [0, 0.05) is 30.7 Å². The van der Waals surface area contributed by atoms with Crippen molar-refractivity contribution in [3.63, 3.8) is 0 Å². The van der Waals surface area contributed by atoms with Gasteiger partial charge in [-0.3, -0.25) is 23.2 Å². The maximum Gasteiger partial charge on any atom is 0.475 e. The predicted octanol–water partition coefficient (Wildman–Crippen LogP) is 3.48. The van der Waals surface area contributed by atoms with Gasteiger partial charge in [-0.2, -0.15) is 12.6 Å². The zero-order valence-corrected chi connectivity index (χ0v) is 22.4. The quantitative estimate of drug-likeness (QED) is 0.191. The van der Waals surface area contributed by atoms with Gasteiger partial charge in [-0.15, -0.1) is 0 Å². The Hall–Kier alpha value is -2.20. The Morgan fingerprint density at radius 3 is 1.94 bits per heavy atom. The number of carbonyl (C=O) groups excluding carboxylic acids is 2. The first kappa shape index (κ1) is 30.0. The molecule has 198 valence electrons. The van der Waals surface area contributed by atoms with Crippen molar-refractivity contribution >= 4 is 32.3 Å². The molecule has 0 spiro atoms. The Labute approximate surface area is 217 Å². The maximum absolute atomic E-state index is 13.4. The smallest absolute Gasteiger partial charge is 0.383 e. The number of carbonyl (C=O) groups is 2. The predicted molar refractivity (Wildman–Crippen MR) is 140 cm³/mol. The van der Waals surface area contributed by atoms with E-state index in [1.54, 1.807) is 13.8 Å². The van der Waals surface area contributed by atoms with E-state index >= 15 is 0 Å². The molecule has 2 aromatic carbocycles. The lowest BCUT2D eigenvalue weighted by Crippen LogP contribution is -2.46. The lowest BCUT2D eigenvalue weighted by molar-refractivity contribution is -0.137. The standard InChI is InChI=1S/C25H35N2O7PS/c1-25(2,23(29)24(30)27-14-13-22(28)26-15-16-36)19-34-35(31,32-17-20-9-5-3-6-10-20)33-18-21-11-7-4-8-12-21/h3-12,23,29,36H,13-19H2,1-2H3,(H,26,28)(H,27,30)/t23-/m0/s1. The van der Waals surface area contributed by atoms with E-state index in [0.717, 1.165) is 11.1 Å². The normalized spacial score (nSPS) is 12.7. The SMILES string of the molecule is CC(C)(COP(=O)(OCc1ccccc1)OCc1ccccc1)[C@@H](O)C(=O)NCCC(=O)NCCS. The number of nitrogens with one attached hydrogen (secondary N) is 2. The summed E-state index contributed by atoms with van der Waals surface area (Å²) < 4.78 is 30.2. The van der Waals surface area contributed by atoms with Crippen molar-refractivity contribution in [2.45, 2.75) is 39.6 Å². The molecule has 3 N–H and O–H groups in total. The van der Waals surface area contributed by atoms with Crippen molar-refractivity contribution in [3.8, 4) is 0 Å². The van der Waals surface area contributed by atoms with Gasteiger partial charge < -0.3 is 15.7 Å². The summed E-state index contributed by atoms with van der Waals surface area (Å²) in [7, 11) is -4.06. The van der Waals surface area contributed by atoms with Crippen LogP contribution in [0.25, 0.3) is 0 Å². The van der Waals surface area contributed by atoms with Gasteiger partial charge in [-0.05, 0) is 11.1 Å². The minimum absolute atomic E-state index is 0.00828. The van der Waals surface area contributed by atoms with E-state index in [-0.39, 0.29) is 38.7 Å². The zero-order chi connectivity index (χ0) is 26.4. The van der Waals surface area contributed by atoms with Gasteiger partial charge in [0.15, 0.2) is 0 Å². The van der Waals surface area contributed by atoms with Crippen LogP contribution in [-0.4, -0.2) is 48.5 Å². The fourth-order valence-electron chi connectivity index (χ4n) is 2.93. The fraction of sp³-hybridized carbons (Fsp3) is 0.440. The van der Waals surface area contributed by atoms with Crippen LogP contribution in [0.5, 0.6) is 0 Å². The van der Waals surface area contributed by atoms with Gasteiger partial charge in [-0.1, -0.05) is 74.5 Å². The number of phosphoric ester groups is 1. The summed E-state index contributed by atoms with van der Waals surface area (Å²) in [5.41, 5.74) is 0.420. The molecule has 36 heavy (non-hydrogen) atoms. The number of aliphatic hydroxyl groups excluding tert-OH is 1. The summed E-state index contributed by atoms with van der Waals surface area (Å²) in [6.07, 6.45) is -1.42. The Morgan fingerprint density at radius 2 is 1.44 bits per heavy atom. The first-order chi connectivity index (χ1) is 17.1. The Bertz CT molecular complexity index is 945. The molecule has 2 rings (SSSR count). The molecule has 9 nitrogen and oxygen atoms in total. The van der Waals surface area contributed by atoms with Crippen LogP contribution in [-0.2, 0) is 40.9 Å². The molecule has 0 radical (unpaired) electrons. The van der Waals surface area contributed by atoms with Gasteiger partial charge >= 0.3 is 7.82 Å². The third-order valence-corrected chi connectivity index (χ3v) is 6.69. The van der Waals surface area contributed by atoms with Crippen molar-refractivity contribution in [3.05, 3.63) is 71.8 Å². The average Bonchev–Trinajstić information content (AvgIpc) is 2.89. The van der Waals surface area contributed by atoms with Crippen molar-refractivity contribution in [1.29, 1.82) is 0 Å². The van der Waals surface area contributed by atoms with E-state index in [1.807, 2.05) is 60.7 Å². The fourth-order valence-corrected chi connectivity index (χ4v) is 4.37. The molecule has 0 aliphatic rings. The molecule has 0 aromatic heterocycles. The van der Waals surface area contributed by atoms with Crippen LogP contribution >= 0.6 is 20.5 Å². The first-order valence-corrected chi connectivity index (χ1v) is 13.7. The largest absolute Gasteiger partial charge is 0.475 e. The third-order valence-electron chi connectivity index (χ3n) is 5.13. The second kappa shape index (κ2) is 15.1. The molecule has 0 saturated carbocycles. The lowest BCUT2D eigenvalue weighted by Gasteiger charge is -2.30. The molecule has 0 fully saturated rings. The summed E-state index contributed by atoms with van der Waals surface area (Å²) in [5, 5.41) is 15.8. The Balaban J connectivity index is 1.96. The number of hydrogen-bond acceptors (Lipinski definition) is 8. The van der Waals surface area contributed by atoms with Crippen LogP contribution in [0.2, 0.25) is 0 Å². The number of hydrogen-bond donors (Lipinski definition) is 4. The second-order valence-corrected chi connectivity index (χ2v) is 10.9. The van der Waals surface area contributed by atoms with E-state index in [4.69, 9.17) is 13.6 Å². The molecular formula is C25H35N2O7PS. The van der Waals surface area contributed by atoms with Gasteiger partial charge in [0.25, 0.3) is 0 Å². The number of phosphoric acid groups is 1. The monoisotopic (exact) mass is 538 g/mol. The summed E-state index contributed by atoms with van der Waals surface area (Å²) in [6, 6.07) is 18.3. The highest BCUT2D eigenvalue weighted by Gasteiger charge is 2.38. The summed E-state index contributed by atoms with van der Waals surface area (Å²) in [4.78, 5) is 24.1. The zero-order valence-electron chi connectivity index (χ0n) is 20.6. The van der Waals surface area contributed by atoms with Gasteiger partial charge in [-0.25, -0.2) is 4.57 Å². The highest BCUT2D eigenvalue weighted by atomic mass is 32.1. The van der Waals surface area contributed by atoms with E-state index in [0.29, 0.717) is 12.3 Å². The number of benzene rings is 2. The molecule has 11 heteroatoms. The highest BCUT2D eigenvalue weighted by molar-refractivity contribution is 7.80. The van der Waals surface area contributed by atoms with Crippen molar-refractivity contribution < 1.29 is 32.8 Å². The van der Waals surface area contributed by atoms with Gasteiger partial charge in [0.2, 0.25) is 11.8 Å². The summed E-state index contributed by atoms with van der Waals surface area (Å²) in [6.45, 7) is 3.37. The van der Waals surface area contributed by atoms with Crippen molar-refractivity contribution in [2.75, 3.05) is 25.4 Å². The minimum atomic E-state index is -4.06. The number of amides is 2. The first-order valence-electron chi connectivity index (χ1n) is 11.6. The van der Waals surface area contributed by atoms with E-state index in [1.165, 1.54) is 0 Å². The van der Waals surface area contributed by atoms with Crippen molar-refractivity contribution in [1.82, 2.24) is 10.6 Å². The molecule has 0 saturated heterocycles. The van der Waals surface area contributed by atoms with Crippen LogP contribution in [0.4, 0.5) is 0 Å². The van der Waals surface area contributed by atoms with Crippen LogP contribution in [0.15, 0.2) is 60.7 Å².